The second-order valence-electron chi connectivity index (χ2n) is 10.2. The molecule has 0 aliphatic carbocycles. The highest BCUT2D eigenvalue weighted by Crippen LogP contribution is 2.31. The maximum Gasteiger partial charge on any atom is 0.0795 e. The predicted octanol–water partition coefficient (Wildman–Crippen LogP) is 9.49. The molecule has 3 heteroatoms. The van der Waals surface area contributed by atoms with Crippen LogP contribution in [0.2, 0.25) is 0 Å². The molecule has 0 atom stereocenters. The zero-order chi connectivity index (χ0) is 26.5. The molecule has 0 fully saturated rings. The van der Waals surface area contributed by atoms with Crippen molar-refractivity contribution in [3.63, 3.8) is 0 Å². The third kappa shape index (κ3) is 3.88. The lowest BCUT2D eigenvalue weighted by Crippen LogP contribution is -1.90. The molecule has 5 aromatic carbocycles. The maximum atomic E-state index is 5.07. The van der Waals surface area contributed by atoms with E-state index in [0.717, 1.165) is 66.4 Å². The van der Waals surface area contributed by atoms with Crippen molar-refractivity contribution in [2.45, 2.75) is 0 Å². The lowest BCUT2D eigenvalue weighted by atomic mass is 10.00. The van der Waals surface area contributed by atoms with Gasteiger partial charge >= 0.3 is 0 Å². The van der Waals surface area contributed by atoms with Gasteiger partial charge in [0.15, 0.2) is 0 Å². The summed E-state index contributed by atoms with van der Waals surface area (Å²) in [6.45, 7) is 0. The number of aromatic nitrogens is 3. The summed E-state index contributed by atoms with van der Waals surface area (Å²) in [7, 11) is 0. The van der Waals surface area contributed by atoms with Gasteiger partial charge in [0.1, 0.15) is 0 Å². The van der Waals surface area contributed by atoms with Crippen LogP contribution >= 0.6 is 0 Å². The van der Waals surface area contributed by atoms with E-state index in [1.807, 2.05) is 12.3 Å². The van der Waals surface area contributed by atoms with Crippen molar-refractivity contribution >= 4 is 43.5 Å². The first-order chi connectivity index (χ1) is 19.8. The van der Waals surface area contributed by atoms with E-state index in [1.54, 1.807) is 0 Å². The minimum absolute atomic E-state index is 0.925. The molecule has 0 aliphatic rings. The van der Waals surface area contributed by atoms with Gasteiger partial charge in [-0.05, 0) is 58.3 Å². The van der Waals surface area contributed by atoms with Crippen LogP contribution in [-0.2, 0) is 0 Å². The van der Waals surface area contributed by atoms with Gasteiger partial charge in [0.05, 0.1) is 27.9 Å². The highest BCUT2D eigenvalue weighted by molar-refractivity contribution is 5.95. The molecule has 40 heavy (non-hydrogen) atoms. The summed E-state index contributed by atoms with van der Waals surface area (Å²) in [6.07, 6.45) is 1.84. The molecule has 3 heterocycles. The lowest BCUT2D eigenvalue weighted by Gasteiger charge is -2.09. The minimum atomic E-state index is 0.925. The maximum absolute atomic E-state index is 5.07. The Morgan fingerprint density at radius 1 is 0.375 bits per heavy atom. The summed E-state index contributed by atoms with van der Waals surface area (Å²) in [5.41, 5.74) is 9.21. The normalized spacial score (nSPS) is 11.5. The first-order valence-corrected chi connectivity index (χ1v) is 13.4. The largest absolute Gasteiger partial charge is 0.256 e. The van der Waals surface area contributed by atoms with Crippen molar-refractivity contribution in [1.82, 2.24) is 15.0 Å². The number of fused-ring (bicyclic) bond motifs is 4. The first kappa shape index (κ1) is 22.6. The van der Waals surface area contributed by atoms with Crippen molar-refractivity contribution in [3.05, 3.63) is 140 Å². The monoisotopic (exact) mass is 509 g/mol. The Kier molecular flexibility index (Phi) is 5.14. The van der Waals surface area contributed by atoms with Crippen molar-refractivity contribution in [2.24, 2.45) is 0 Å². The number of hydrogen-bond donors (Lipinski definition) is 0. The van der Waals surface area contributed by atoms with E-state index in [1.165, 1.54) is 10.8 Å². The zero-order valence-corrected chi connectivity index (χ0v) is 21.6. The van der Waals surface area contributed by atoms with E-state index in [4.69, 9.17) is 9.97 Å². The summed E-state index contributed by atoms with van der Waals surface area (Å²) < 4.78 is 0. The summed E-state index contributed by atoms with van der Waals surface area (Å²) in [6, 6.07) is 46.7. The first-order valence-electron chi connectivity index (χ1n) is 13.4. The van der Waals surface area contributed by atoms with E-state index in [0.29, 0.717) is 0 Å². The Morgan fingerprint density at radius 3 is 1.77 bits per heavy atom. The molecule has 0 unspecified atom stereocenters. The molecular weight excluding hydrogens is 486 g/mol. The Morgan fingerprint density at radius 2 is 0.975 bits per heavy atom. The molecule has 0 N–H and O–H groups in total. The standard InChI is InChI=1S/C37H23N3/c1-2-6-28-21-31(15-10-24(28)5-1)33-18-16-25-11-13-29(22-35(25)39-33)30-14-12-26-17-19-34(40-36(26)23-30)32-9-3-7-27-8-4-20-38-37(27)32/h1-23H. The van der Waals surface area contributed by atoms with Crippen LogP contribution < -0.4 is 0 Å². The van der Waals surface area contributed by atoms with E-state index >= 15 is 0 Å². The Balaban J connectivity index is 1.20. The minimum Gasteiger partial charge on any atom is -0.256 e. The molecule has 0 amide bonds. The van der Waals surface area contributed by atoms with Crippen LogP contribution in [0.15, 0.2) is 140 Å². The highest BCUT2D eigenvalue weighted by atomic mass is 14.7. The second kappa shape index (κ2) is 9.11. The lowest BCUT2D eigenvalue weighted by molar-refractivity contribution is 1.37. The topological polar surface area (TPSA) is 38.7 Å². The Labute approximate surface area is 231 Å². The SMILES string of the molecule is c1ccc2cc(-c3ccc4ccc(-c5ccc6ccc(-c7cccc8cccnc78)nc6c5)cc4n3)ccc2c1. The van der Waals surface area contributed by atoms with Crippen LogP contribution in [0.3, 0.4) is 0 Å². The fraction of sp³-hybridized carbons (Fsp3) is 0. The van der Waals surface area contributed by atoms with Gasteiger partial charge in [-0.2, -0.15) is 0 Å². The molecule has 0 bridgehead atoms. The van der Waals surface area contributed by atoms with E-state index in [9.17, 15) is 0 Å². The van der Waals surface area contributed by atoms with E-state index in [2.05, 4.69) is 132 Å². The molecule has 0 radical (unpaired) electrons. The van der Waals surface area contributed by atoms with Crippen LogP contribution in [0, 0.1) is 0 Å². The summed E-state index contributed by atoms with van der Waals surface area (Å²) in [4.78, 5) is 14.8. The van der Waals surface area contributed by atoms with Gasteiger partial charge in [-0.3, -0.25) is 4.98 Å². The van der Waals surface area contributed by atoms with Crippen LogP contribution in [0.4, 0.5) is 0 Å². The van der Waals surface area contributed by atoms with Gasteiger partial charge in [0, 0.05) is 33.5 Å². The van der Waals surface area contributed by atoms with Gasteiger partial charge in [0.2, 0.25) is 0 Å². The van der Waals surface area contributed by atoms with Crippen LogP contribution in [0.1, 0.15) is 0 Å². The molecular formula is C37H23N3. The number of hydrogen-bond acceptors (Lipinski definition) is 3. The van der Waals surface area contributed by atoms with E-state index in [-0.39, 0.29) is 0 Å². The molecule has 3 aromatic heterocycles. The van der Waals surface area contributed by atoms with Gasteiger partial charge in [0.25, 0.3) is 0 Å². The molecule has 0 saturated heterocycles. The van der Waals surface area contributed by atoms with Crippen LogP contribution in [-0.4, -0.2) is 15.0 Å². The molecule has 3 nitrogen and oxygen atoms in total. The van der Waals surface area contributed by atoms with E-state index < -0.39 is 0 Å². The molecule has 0 spiro atoms. The molecule has 0 aliphatic heterocycles. The van der Waals surface area contributed by atoms with Crippen LogP contribution in [0.5, 0.6) is 0 Å². The fourth-order valence-electron chi connectivity index (χ4n) is 5.56. The smallest absolute Gasteiger partial charge is 0.0795 e. The predicted molar refractivity (Wildman–Crippen MR) is 166 cm³/mol. The number of para-hydroxylation sites is 1. The van der Waals surface area contributed by atoms with Gasteiger partial charge in [-0.25, -0.2) is 9.97 Å². The number of rotatable bonds is 3. The third-order valence-electron chi connectivity index (χ3n) is 7.67. The number of nitrogens with zero attached hydrogens (tertiary/aromatic N) is 3. The van der Waals surface area contributed by atoms with Gasteiger partial charge in [-0.15, -0.1) is 0 Å². The zero-order valence-electron chi connectivity index (χ0n) is 21.6. The van der Waals surface area contributed by atoms with Crippen LogP contribution in [0.25, 0.3) is 77.1 Å². The highest BCUT2D eigenvalue weighted by Gasteiger charge is 2.09. The number of benzene rings is 5. The summed E-state index contributed by atoms with van der Waals surface area (Å²) in [5.74, 6) is 0. The average molecular weight is 510 g/mol. The Bertz CT molecular complexity index is 2230. The third-order valence-corrected chi connectivity index (χ3v) is 7.67. The number of pyridine rings is 3. The molecule has 8 rings (SSSR count). The summed E-state index contributed by atoms with van der Waals surface area (Å²) in [5, 5.41) is 5.80. The van der Waals surface area contributed by atoms with Gasteiger partial charge in [-0.1, -0.05) is 97.1 Å². The van der Waals surface area contributed by atoms with Crippen molar-refractivity contribution in [3.8, 4) is 33.6 Å². The summed E-state index contributed by atoms with van der Waals surface area (Å²) >= 11 is 0. The Hall–Kier alpha value is -5.41. The fourth-order valence-corrected chi connectivity index (χ4v) is 5.56. The van der Waals surface area contributed by atoms with Crippen molar-refractivity contribution in [2.75, 3.05) is 0 Å². The molecule has 0 saturated carbocycles. The van der Waals surface area contributed by atoms with Crippen molar-refractivity contribution in [1.29, 1.82) is 0 Å². The van der Waals surface area contributed by atoms with Gasteiger partial charge < -0.3 is 0 Å². The molecule has 8 aromatic rings. The second-order valence-corrected chi connectivity index (χ2v) is 10.2. The average Bonchev–Trinajstić information content (AvgIpc) is 3.03. The molecule has 186 valence electrons. The van der Waals surface area contributed by atoms with Crippen molar-refractivity contribution < 1.29 is 0 Å². The quantitative estimate of drug-likeness (QED) is 0.238.